The summed E-state index contributed by atoms with van der Waals surface area (Å²) in [4.78, 5) is 25.2. The van der Waals surface area contributed by atoms with Gasteiger partial charge in [-0.2, -0.15) is 0 Å². The van der Waals surface area contributed by atoms with E-state index in [2.05, 4.69) is 78.3 Å². The van der Waals surface area contributed by atoms with Gasteiger partial charge in [-0.1, -0.05) is 59.7 Å². The first-order valence-electron chi connectivity index (χ1n) is 10.4. The minimum atomic E-state index is -0.313. The number of carbonyl (C=O) groups is 2. The topological polar surface area (TPSA) is 70.2 Å². The zero-order valence-corrected chi connectivity index (χ0v) is 17.3. The summed E-state index contributed by atoms with van der Waals surface area (Å²) < 4.78 is 0. The van der Waals surface area contributed by atoms with Crippen LogP contribution in [0.15, 0.2) is 48.5 Å². The summed E-state index contributed by atoms with van der Waals surface area (Å²) >= 11 is 0. The number of benzene rings is 2. The Balaban J connectivity index is 1.42. The van der Waals surface area contributed by atoms with Crippen molar-refractivity contribution in [1.29, 1.82) is 0 Å². The Bertz CT molecular complexity index is 746. The first-order chi connectivity index (χ1) is 14.0. The van der Waals surface area contributed by atoms with E-state index in [1.807, 2.05) is 0 Å². The zero-order chi connectivity index (χ0) is 20.6. The van der Waals surface area contributed by atoms with Crippen LogP contribution in [0.25, 0.3) is 0 Å². The lowest BCUT2D eigenvalue weighted by Gasteiger charge is -2.18. The molecule has 2 atom stereocenters. The molecule has 29 heavy (non-hydrogen) atoms. The Labute approximate surface area is 173 Å². The van der Waals surface area contributed by atoms with Crippen molar-refractivity contribution in [2.75, 3.05) is 26.2 Å². The number of carbonyl (C=O) groups excluding carboxylic acids is 2. The molecular weight excluding hydrogens is 362 g/mol. The highest BCUT2D eigenvalue weighted by Crippen LogP contribution is 2.17. The van der Waals surface area contributed by atoms with Crippen molar-refractivity contribution in [3.8, 4) is 0 Å². The van der Waals surface area contributed by atoms with Gasteiger partial charge < -0.3 is 16.0 Å². The van der Waals surface area contributed by atoms with Crippen molar-refractivity contribution in [3.05, 3.63) is 70.8 Å². The SMILES string of the molecule is Cc1ccc(CCNC(=O)C2CNC[C@H]2C(=O)NCCc2ccc(C)cc2)cc1. The molecule has 2 amide bonds. The average Bonchev–Trinajstić information content (AvgIpc) is 3.21. The van der Waals surface area contributed by atoms with Gasteiger partial charge in [-0.05, 0) is 37.8 Å². The smallest absolute Gasteiger partial charge is 0.225 e. The summed E-state index contributed by atoms with van der Waals surface area (Å²) in [7, 11) is 0. The largest absolute Gasteiger partial charge is 0.355 e. The summed E-state index contributed by atoms with van der Waals surface area (Å²) in [6.45, 7) is 6.38. The molecule has 3 N–H and O–H groups in total. The van der Waals surface area contributed by atoms with Gasteiger partial charge in [-0.3, -0.25) is 9.59 Å². The number of aryl methyl sites for hydroxylation is 2. The van der Waals surface area contributed by atoms with E-state index in [4.69, 9.17) is 0 Å². The van der Waals surface area contributed by atoms with Crippen molar-refractivity contribution >= 4 is 11.8 Å². The third-order valence-electron chi connectivity index (χ3n) is 5.55. The Morgan fingerprint density at radius 2 is 1.14 bits per heavy atom. The fourth-order valence-electron chi connectivity index (χ4n) is 3.66. The molecule has 5 nitrogen and oxygen atoms in total. The van der Waals surface area contributed by atoms with Crippen molar-refractivity contribution in [2.24, 2.45) is 11.8 Å². The molecule has 0 aromatic heterocycles. The van der Waals surface area contributed by atoms with Gasteiger partial charge in [0.1, 0.15) is 0 Å². The molecule has 1 heterocycles. The second-order valence-corrected chi connectivity index (χ2v) is 7.92. The minimum absolute atomic E-state index is 0.0409. The highest BCUT2D eigenvalue weighted by molar-refractivity contribution is 5.88. The summed E-state index contributed by atoms with van der Waals surface area (Å²) in [5, 5.41) is 9.19. The van der Waals surface area contributed by atoms with Crippen LogP contribution in [0.4, 0.5) is 0 Å². The Morgan fingerprint density at radius 3 is 1.52 bits per heavy atom. The second kappa shape index (κ2) is 10.2. The molecule has 1 aliphatic rings. The molecule has 0 spiro atoms. The molecule has 0 bridgehead atoms. The van der Waals surface area contributed by atoms with E-state index in [9.17, 15) is 9.59 Å². The quantitative estimate of drug-likeness (QED) is 0.644. The molecule has 0 saturated carbocycles. The first kappa shape index (κ1) is 21.1. The van der Waals surface area contributed by atoms with Gasteiger partial charge in [0.2, 0.25) is 11.8 Å². The van der Waals surface area contributed by atoms with E-state index >= 15 is 0 Å². The molecule has 5 heteroatoms. The normalized spacial score (nSPS) is 18.4. The van der Waals surface area contributed by atoms with Crippen molar-refractivity contribution in [2.45, 2.75) is 26.7 Å². The van der Waals surface area contributed by atoms with E-state index in [0.717, 1.165) is 12.8 Å². The lowest BCUT2D eigenvalue weighted by Crippen LogP contribution is -2.42. The maximum Gasteiger partial charge on any atom is 0.225 e. The summed E-state index contributed by atoms with van der Waals surface area (Å²) in [6, 6.07) is 16.7. The third kappa shape index (κ3) is 6.16. The highest BCUT2D eigenvalue weighted by atomic mass is 16.2. The molecule has 0 radical (unpaired) electrons. The second-order valence-electron chi connectivity index (χ2n) is 7.92. The van der Waals surface area contributed by atoms with Gasteiger partial charge in [0.25, 0.3) is 0 Å². The summed E-state index contributed by atoms with van der Waals surface area (Å²) in [6.07, 6.45) is 1.58. The number of hydrogen-bond donors (Lipinski definition) is 3. The standard InChI is InChI=1S/C24H31N3O2/c1-17-3-7-19(8-4-17)11-13-26-23(28)21-15-25-16-22(21)24(29)27-14-12-20-9-5-18(2)6-10-20/h3-10,21-22,25H,11-16H2,1-2H3,(H,26,28)(H,27,29)/t21-,22?/m1/s1. The highest BCUT2D eigenvalue weighted by Gasteiger charge is 2.37. The minimum Gasteiger partial charge on any atom is -0.355 e. The van der Waals surface area contributed by atoms with Crippen LogP contribution in [0.1, 0.15) is 22.3 Å². The molecule has 1 aliphatic heterocycles. The van der Waals surface area contributed by atoms with Crippen LogP contribution in [0.3, 0.4) is 0 Å². The summed E-state index contributed by atoms with van der Waals surface area (Å²) in [5.41, 5.74) is 4.86. The van der Waals surface area contributed by atoms with Crippen molar-refractivity contribution < 1.29 is 9.59 Å². The number of nitrogens with one attached hydrogen (secondary N) is 3. The third-order valence-corrected chi connectivity index (χ3v) is 5.55. The molecule has 3 rings (SSSR count). The number of amides is 2. The fraction of sp³-hybridized carbons (Fsp3) is 0.417. The van der Waals surface area contributed by atoms with Crippen LogP contribution in [0.5, 0.6) is 0 Å². The molecule has 2 aromatic carbocycles. The molecule has 1 fully saturated rings. The van der Waals surface area contributed by atoms with Gasteiger partial charge in [0, 0.05) is 26.2 Å². The predicted molar refractivity (Wildman–Crippen MR) is 116 cm³/mol. The molecule has 1 saturated heterocycles. The maximum atomic E-state index is 12.6. The van der Waals surface area contributed by atoms with Crippen LogP contribution in [-0.4, -0.2) is 38.0 Å². The fourth-order valence-corrected chi connectivity index (χ4v) is 3.66. The van der Waals surface area contributed by atoms with E-state index in [0.29, 0.717) is 26.2 Å². The van der Waals surface area contributed by atoms with Crippen LogP contribution in [0, 0.1) is 25.7 Å². The molecule has 0 aliphatic carbocycles. The monoisotopic (exact) mass is 393 g/mol. The Hall–Kier alpha value is -2.66. The molecular formula is C24H31N3O2. The Kier molecular flexibility index (Phi) is 7.42. The van der Waals surface area contributed by atoms with Gasteiger partial charge in [-0.15, -0.1) is 0 Å². The average molecular weight is 394 g/mol. The first-order valence-corrected chi connectivity index (χ1v) is 10.4. The number of rotatable bonds is 8. The van der Waals surface area contributed by atoms with E-state index in [1.54, 1.807) is 0 Å². The van der Waals surface area contributed by atoms with Crippen LogP contribution >= 0.6 is 0 Å². The molecule has 2 aromatic rings. The zero-order valence-electron chi connectivity index (χ0n) is 17.3. The summed E-state index contributed by atoms with van der Waals surface area (Å²) in [5.74, 6) is -0.707. The number of hydrogen-bond acceptors (Lipinski definition) is 3. The lowest BCUT2D eigenvalue weighted by atomic mass is 9.94. The Morgan fingerprint density at radius 1 is 0.759 bits per heavy atom. The van der Waals surface area contributed by atoms with E-state index < -0.39 is 0 Å². The van der Waals surface area contributed by atoms with E-state index in [-0.39, 0.29) is 23.7 Å². The van der Waals surface area contributed by atoms with Crippen molar-refractivity contribution in [1.82, 2.24) is 16.0 Å². The van der Waals surface area contributed by atoms with Gasteiger partial charge in [0.05, 0.1) is 11.8 Å². The van der Waals surface area contributed by atoms with Crippen LogP contribution < -0.4 is 16.0 Å². The maximum absolute atomic E-state index is 12.6. The molecule has 154 valence electrons. The van der Waals surface area contributed by atoms with Crippen LogP contribution in [0.2, 0.25) is 0 Å². The van der Waals surface area contributed by atoms with Gasteiger partial charge in [-0.25, -0.2) is 0 Å². The van der Waals surface area contributed by atoms with E-state index in [1.165, 1.54) is 22.3 Å². The predicted octanol–water partition coefficient (Wildman–Crippen LogP) is 2.16. The molecule has 1 unspecified atom stereocenters. The van der Waals surface area contributed by atoms with Crippen LogP contribution in [-0.2, 0) is 22.4 Å². The van der Waals surface area contributed by atoms with Gasteiger partial charge in [0.15, 0.2) is 0 Å². The van der Waals surface area contributed by atoms with Gasteiger partial charge >= 0.3 is 0 Å². The van der Waals surface area contributed by atoms with Crippen molar-refractivity contribution in [3.63, 3.8) is 0 Å². The lowest BCUT2D eigenvalue weighted by molar-refractivity contribution is -0.132.